The largest absolute Gasteiger partial charge is 0.358 e. The van der Waals surface area contributed by atoms with Gasteiger partial charge in [-0.05, 0) is 17.8 Å². The number of aromatic nitrogens is 2. The van der Waals surface area contributed by atoms with E-state index in [0.717, 1.165) is 25.7 Å². The molecule has 0 aliphatic heterocycles. The minimum absolute atomic E-state index is 0.0430. The molecule has 0 atom stereocenters. The molecular formula is C12H18N4O3. The van der Waals surface area contributed by atoms with Crippen LogP contribution in [0.5, 0.6) is 0 Å². The van der Waals surface area contributed by atoms with Crippen molar-refractivity contribution in [3.8, 4) is 0 Å². The number of imidazole rings is 1. The SMILES string of the molecule is Cc1ncc([N+](=O)[O-])n1CC(=O)NC1CCCCC1. The van der Waals surface area contributed by atoms with Crippen LogP contribution in [0.25, 0.3) is 0 Å². The summed E-state index contributed by atoms with van der Waals surface area (Å²) in [5, 5.41) is 13.8. The Kier molecular flexibility index (Phi) is 4.13. The number of nitrogens with zero attached hydrogens (tertiary/aromatic N) is 3. The van der Waals surface area contributed by atoms with Gasteiger partial charge in [-0.3, -0.25) is 4.79 Å². The number of nitrogens with one attached hydrogen (secondary N) is 1. The number of hydrogen-bond acceptors (Lipinski definition) is 4. The molecule has 19 heavy (non-hydrogen) atoms. The molecular weight excluding hydrogens is 248 g/mol. The van der Waals surface area contributed by atoms with E-state index in [1.165, 1.54) is 17.2 Å². The van der Waals surface area contributed by atoms with Crippen molar-refractivity contribution in [1.29, 1.82) is 0 Å². The Morgan fingerprint density at radius 3 is 2.84 bits per heavy atom. The molecule has 7 nitrogen and oxygen atoms in total. The third kappa shape index (κ3) is 3.30. The summed E-state index contributed by atoms with van der Waals surface area (Å²) in [6.45, 7) is 1.61. The van der Waals surface area contributed by atoms with E-state index >= 15 is 0 Å². The van der Waals surface area contributed by atoms with E-state index in [4.69, 9.17) is 0 Å². The lowest BCUT2D eigenvalue weighted by Crippen LogP contribution is -2.38. The van der Waals surface area contributed by atoms with Crippen LogP contribution in [0.15, 0.2) is 6.20 Å². The van der Waals surface area contributed by atoms with Gasteiger partial charge >= 0.3 is 5.82 Å². The molecule has 1 saturated carbocycles. The Hall–Kier alpha value is -1.92. The van der Waals surface area contributed by atoms with Gasteiger partial charge in [0.25, 0.3) is 5.91 Å². The number of carbonyl (C=O) groups excluding carboxylic acids is 1. The van der Waals surface area contributed by atoms with Crippen LogP contribution in [0.3, 0.4) is 0 Å². The fourth-order valence-electron chi connectivity index (χ4n) is 2.46. The summed E-state index contributed by atoms with van der Waals surface area (Å²) in [6.07, 6.45) is 6.67. The second-order valence-electron chi connectivity index (χ2n) is 4.91. The van der Waals surface area contributed by atoms with E-state index in [9.17, 15) is 14.9 Å². The van der Waals surface area contributed by atoms with Crippen LogP contribution in [-0.2, 0) is 11.3 Å². The van der Waals surface area contributed by atoms with Gasteiger partial charge < -0.3 is 15.4 Å². The highest BCUT2D eigenvalue weighted by Crippen LogP contribution is 2.18. The first-order valence-corrected chi connectivity index (χ1v) is 6.54. The van der Waals surface area contributed by atoms with Crippen LogP contribution < -0.4 is 5.32 Å². The zero-order valence-electron chi connectivity index (χ0n) is 11.0. The summed E-state index contributed by atoms with van der Waals surface area (Å²) in [7, 11) is 0. The van der Waals surface area contributed by atoms with Crippen molar-refractivity contribution in [1.82, 2.24) is 14.9 Å². The molecule has 1 amide bonds. The summed E-state index contributed by atoms with van der Waals surface area (Å²) >= 11 is 0. The Bertz CT molecular complexity index is 477. The van der Waals surface area contributed by atoms with Gasteiger partial charge in [-0.15, -0.1) is 0 Å². The average Bonchev–Trinajstić information content (AvgIpc) is 2.72. The van der Waals surface area contributed by atoms with Crippen LogP contribution >= 0.6 is 0 Å². The lowest BCUT2D eigenvalue weighted by Gasteiger charge is -2.22. The molecule has 104 valence electrons. The van der Waals surface area contributed by atoms with Crippen molar-refractivity contribution < 1.29 is 9.72 Å². The Morgan fingerprint density at radius 1 is 1.53 bits per heavy atom. The second-order valence-corrected chi connectivity index (χ2v) is 4.91. The van der Waals surface area contributed by atoms with E-state index in [0.29, 0.717) is 5.82 Å². The highest BCUT2D eigenvalue weighted by atomic mass is 16.6. The maximum atomic E-state index is 11.9. The molecule has 1 aliphatic carbocycles. The first-order valence-electron chi connectivity index (χ1n) is 6.54. The maximum absolute atomic E-state index is 11.9. The standard InChI is InChI=1S/C12H18N4O3/c1-9-13-7-12(16(18)19)15(9)8-11(17)14-10-5-3-2-4-6-10/h7,10H,2-6,8H2,1H3,(H,14,17). The topological polar surface area (TPSA) is 90.1 Å². The predicted molar refractivity (Wildman–Crippen MR) is 68.6 cm³/mol. The number of amides is 1. The highest BCUT2D eigenvalue weighted by molar-refractivity contribution is 5.76. The first kappa shape index (κ1) is 13.5. The molecule has 0 saturated heterocycles. The van der Waals surface area contributed by atoms with E-state index in [2.05, 4.69) is 10.3 Å². The van der Waals surface area contributed by atoms with Crippen molar-refractivity contribution >= 4 is 11.7 Å². The number of rotatable bonds is 4. The van der Waals surface area contributed by atoms with Gasteiger partial charge in [0, 0.05) is 13.0 Å². The Balaban J connectivity index is 1.98. The summed E-state index contributed by atoms with van der Waals surface area (Å²) in [5.74, 6) is 0.151. The fourth-order valence-corrected chi connectivity index (χ4v) is 2.46. The summed E-state index contributed by atoms with van der Waals surface area (Å²) < 4.78 is 1.33. The molecule has 1 aromatic heterocycles. The molecule has 1 aliphatic rings. The molecule has 0 aromatic carbocycles. The molecule has 1 heterocycles. The van der Waals surface area contributed by atoms with Crippen LogP contribution in [0, 0.1) is 17.0 Å². The second kappa shape index (κ2) is 5.81. The third-order valence-corrected chi connectivity index (χ3v) is 3.49. The van der Waals surface area contributed by atoms with Crippen molar-refractivity contribution in [2.45, 2.75) is 51.6 Å². The van der Waals surface area contributed by atoms with Crippen molar-refractivity contribution in [3.63, 3.8) is 0 Å². The van der Waals surface area contributed by atoms with Crippen molar-refractivity contribution in [3.05, 3.63) is 22.1 Å². The third-order valence-electron chi connectivity index (χ3n) is 3.49. The first-order chi connectivity index (χ1) is 9.08. The van der Waals surface area contributed by atoms with E-state index in [-0.39, 0.29) is 24.3 Å². The molecule has 1 fully saturated rings. The fraction of sp³-hybridized carbons (Fsp3) is 0.667. The number of nitro groups is 1. The van der Waals surface area contributed by atoms with Crippen molar-refractivity contribution in [2.24, 2.45) is 0 Å². The van der Waals surface area contributed by atoms with Crippen LogP contribution in [0.1, 0.15) is 37.9 Å². The molecule has 0 spiro atoms. The van der Waals surface area contributed by atoms with E-state index in [1.54, 1.807) is 6.92 Å². The van der Waals surface area contributed by atoms with Crippen LogP contribution in [0.2, 0.25) is 0 Å². The molecule has 0 radical (unpaired) electrons. The molecule has 2 rings (SSSR count). The Labute approximate surface area is 111 Å². The predicted octanol–water partition coefficient (Wildman–Crippen LogP) is 1.55. The smallest absolute Gasteiger partial charge is 0.343 e. The molecule has 1 aromatic rings. The lowest BCUT2D eigenvalue weighted by molar-refractivity contribution is -0.392. The quantitative estimate of drug-likeness (QED) is 0.661. The van der Waals surface area contributed by atoms with Gasteiger partial charge in [-0.1, -0.05) is 19.3 Å². The molecule has 1 N–H and O–H groups in total. The van der Waals surface area contributed by atoms with Crippen LogP contribution in [0.4, 0.5) is 5.82 Å². The van der Waals surface area contributed by atoms with E-state index in [1.807, 2.05) is 0 Å². The van der Waals surface area contributed by atoms with Gasteiger partial charge in [0.2, 0.25) is 0 Å². The zero-order chi connectivity index (χ0) is 13.8. The van der Waals surface area contributed by atoms with Gasteiger partial charge in [-0.2, -0.15) is 0 Å². The average molecular weight is 266 g/mol. The monoisotopic (exact) mass is 266 g/mol. The zero-order valence-corrected chi connectivity index (χ0v) is 11.0. The van der Waals surface area contributed by atoms with Gasteiger partial charge in [0.15, 0.2) is 12.4 Å². The van der Waals surface area contributed by atoms with E-state index < -0.39 is 4.92 Å². The van der Waals surface area contributed by atoms with Gasteiger partial charge in [-0.25, -0.2) is 9.55 Å². The minimum atomic E-state index is -0.520. The molecule has 0 bridgehead atoms. The highest BCUT2D eigenvalue weighted by Gasteiger charge is 2.22. The molecule has 7 heteroatoms. The lowest BCUT2D eigenvalue weighted by atomic mass is 9.95. The van der Waals surface area contributed by atoms with Gasteiger partial charge in [0.1, 0.15) is 6.20 Å². The summed E-state index contributed by atoms with van der Waals surface area (Å²) in [6, 6.07) is 0.212. The minimum Gasteiger partial charge on any atom is -0.358 e. The van der Waals surface area contributed by atoms with Crippen LogP contribution in [-0.4, -0.2) is 26.4 Å². The number of aryl methyl sites for hydroxylation is 1. The normalized spacial score (nSPS) is 16.3. The maximum Gasteiger partial charge on any atom is 0.343 e. The Morgan fingerprint density at radius 2 is 2.21 bits per heavy atom. The number of hydrogen-bond donors (Lipinski definition) is 1. The molecule has 0 unspecified atom stereocenters. The number of carbonyl (C=O) groups is 1. The van der Waals surface area contributed by atoms with Gasteiger partial charge in [0.05, 0.1) is 0 Å². The summed E-state index contributed by atoms with van der Waals surface area (Å²) in [4.78, 5) is 26.1. The van der Waals surface area contributed by atoms with Crippen molar-refractivity contribution in [2.75, 3.05) is 0 Å². The summed E-state index contributed by atoms with van der Waals surface area (Å²) in [5.41, 5.74) is 0.